The average molecular weight is 474 g/mol. The summed E-state index contributed by atoms with van der Waals surface area (Å²) in [6.45, 7) is 13.2. The van der Waals surface area contributed by atoms with Gasteiger partial charge < -0.3 is 15.4 Å². The van der Waals surface area contributed by atoms with Gasteiger partial charge in [-0.05, 0) is 37.8 Å². The summed E-state index contributed by atoms with van der Waals surface area (Å²) < 4.78 is 5.57. The fraction of sp³-hybridized carbons (Fsp3) is 0.650. The van der Waals surface area contributed by atoms with Crippen LogP contribution in [0.4, 0.5) is 0 Å². The lowest BCUT2D eigenvalue weighted by Gasteiger charge is -2.22. The highest BCUT2D eigenvalue weighted by atomic mass is 127. The number of rotatable bonds is 7. The molecule has 1 saturated heterocycles. The zero-order valence-corrected chi connectivity index (χ0v) is 19.1. The number of aliphatic imine (C=N–C) groups is 1. The van der Waals surface area contributed by atoms with E-state index in [4.69, 9.17) is 4.74 Å². The van der Waals surface area contributed by atoms with Gasteiger partial charge in [0.25, 0.3) is 0 Å². The lowest BCUT2D eigenvalue weighted by atomic mass is 10.1. The maximum Gasteiger partial charge on any atom is 0.191 e. The van der Waals surface area contributed by atoms with Crippen molar-refractivity contribution in [2.75, 3.05) is 26.7 Å². The van der Waals surface area contributed by atoms with Crippen molar-refractivity contribution >= 4 is 29.9 Å². The molecule has 1 aromatic rings. The highest BCUT2D eigenvalue weighted by molar-refractivity contribution is 14.0. The molecule has 2 N–H and O–H groups in total. The summed E-state index contributed by atoms with van der Waals surface area (Å²) in [5, 5.41) is 7.06. The Morgan fingerprint density at radius 1 is 1.27 bits per heavy atom. The van der Waals surface area contributed by atoms with Gasteiger partial charge in [0.15, 0.2) is 5.96 Å². The van der Waals surface area contributed by atoms with Crippen LogP contribution >= 0.6 is 24.0 Å². The molecule has 0 amide bonds. The van der Waals surface area contributed by atoms with Gasteiger partial charge in [-0.2, -0.15) is 0 Å². The number of guanidine groups is 1. The zero-order chi connectivity index (χ0) is 18.2. The Balaban J connectivity index is 0.00000338. The Hall–Kier alpha value is -0.860. The Morgan fingerprint density at radius 2 is 1.96 bits per heavy atom. The van der Waals surface area contributed by atoms with Crippen molar-refractivity contribution in [2.24, 2.45) is 10.9 Å². The number of likely N-dealkylation sites (tertiary alicyclic amines) is 1. The minimum Gasteiger partial charge on any atom is -0.377 e. The van der Waals surface area contributed by atoms with Crippen LogP contribution in [0.25, 0.3) is 0 Å². The second-order valence-corrected chi connectivity index (χ2v) is 7.11. The van der Waals surface area contributed by atoms with Crippen molar-refractivity contribution in [3.8, 4) is 0 Å². The van der Waals surface area contributed by atoms with Crippen molar-refractivity contribution < 1.29 is 4.74 Å². The third-order valence-electron chi connectivity index (χ3n) is 4.94. The minimum absolute atomic E-state index is 0. The Morgan fingerprint density at radius 3 is 2.54 bits per heavy atom. The number of nitrogens with zero attached hydrogens (tertiary/aromatic N) is 2. The predicted octanol–water partition coefficient (Wildman–Crippen LogP) is 3.23. The number of benzene rings is 1. The number of halogens is 1. The molecule has 1 heterocycles. The molecule has 0 aromatic heterocycles. The molecule has 0 saturated carbocycles. The standard InChI is InChI=1S/C20H34N4O.HI/c1-6-25-14-18-10-8-7-9-17(18)11-22-20(21-5)23-19-13-24(15(2)3)12-16(19)4;/h7-10,15-16,19H,6,11-14H2,1-5H3,(H2,21,22,23);1H. The summed E-state index contributed by atoms with van der Waals surface area (Å²) in [7, 11) is 1.83. The third kappa shape index (κ3) is 6.70. The van der Waals surface area contributed by atoms with Gasteiger partial charge in [-0.15, -0.1) is 24.0 Å². The molecular formula is C20H35IN4O. The van der Waals surface area contributed by atoms with Crippen molar-refractivity contribution in [3.05, 3.63) is 35.4 Å². The molecule has 2 unspecified atom stereocenters. The molecule has 6 heteroatoms. The lowest BCUT2D eigenvalue weighted by Crippen LogP contribution is -2.46. The minimum atomic E-state index is 0. The van der Waals surface area contributed by atoms with Gasteiger partial charge in [-0.1, -0.05) is 31.2 Å². The SMILES string of the molecule is CCOCc1ccccc1CNC(=NC)NC1CN(C(C)C)CC1C.I. The molecule has 0 spiro atoms. The first-order valence-electron chi connectivity index (χ1n) is 9.40. The molecule has 2 atom stereocenters. The average Bonchev–Trinajstić information content (AvgIpc) is 2.98. The summed E-state index contributed by atoms with van der Waals surface area (Å²) in [5.41, 5.74) is 2.48. The second kappa shape index (κ2) is 11.8. The smallest absolute Gasteiger partial charge is 0.191 e. The van der Waals surface area contributed by atoms with Crippen molar-refractivity contribution in [2.45, 2.75) is 52.9 Å². The summed E-state index contributed by atoms with van der Waals surface area (Å²) in [6, 6.07) is 9.44. The van der Waals surface area contributed by atoms with E-state index in [1.807, 2.05) is 14.0 Å². The lowest BCUT2D eigenvalue weighted by molar-refractivity contribution is 0.133. The van der Waals surface area contributed by atoms with Crippen LogP contribution in [-0.2, 0) is 17.9 Å². The summed E-state index contributed by atoms with van der Waals surface area (Å²) >= 11 is 0. The van der Waals surface area contributed by atoms with E-state index < -0.39 is 0 Å². The maximum absolute atomic E-state index is 5.57. The van der Waals surface area contributed by atoms with E-state index in [0.717, 1.165) is 32.2 Å². The van der Waals surface area contributed by atoms with E-state index in [-0.39, 0.29) is 24.0 Å². The van der Waals surface area contributed by atoms with E-state index in [2.05, 4.69) is 65.6 Å². The van der Waals surface area contributed by atoms with Gasteiger partial charge >= 0.3 is 0 Å². The van der Waals surface area contributed by atoms with Crippen molar-refractivity contribution in [1.82, 2.24) is 15.5 Å². The molecule has 1 fully saturated rings. The first-order chi connectivity index (χ1) is 12.0. The molecule has 0 bridgehead atoms. The van der Waals surface area contributed by atoms with E-state index >= 15 is 0 Å². The van der Waals surface area contributed by atoms with Gasteiger partial charge in [0, 0.05) is 45.4 Å². The molecular weight excluding hydrogens is 439 g/mol. The van der Waals surface area contributed by atoms with Crippen molar-refractivity contribution in [3.63, 3.8) is 0 Å². The largest absolute Gasteiger partial charge is 0.377 e. The fourth-order valence-electron chi connectivity index (χ4n) is 3.25. The van der Waals surface area contributed by atoms with Gasteiger partial charge in [-0.3, -0.25) is 9.89 Å². The Kier molecular flexibility index (Phi) is 10.5. The normalized spacial score (nSPS) is 20.9. The van der Waals surface area contributed by atoms with Crippen LogP contribution in [0.1, 0.15) is 38.8 Å². The van der Waals surface area contributed by atoms with Crippen LogP contribution in [0.3, 0.4) is 0 Å². The van der Waals surface area contributed by atoms with Crippen LogP contribution in [0.15, 0.2) is 29.3 Å². The third-order valence-corrected chi connectivity index (χ3v) is 4.94. The molecule has 2 rings (SSSR count). The van der Waals surface area contributed by atoms with Gasteiger partial charge in [0.05, 0.1) is 6.61 Å². The van der Waals surface area contributed by atoms with Crippen molar-refractivity contribution in [1.29, 1.82) is 0 Å². The molecule has 1 aliphatic heterocycles. The topological polar surface area (TPSA) is 48.9 Å². The molecule has 0 radical (unpaired) electrons. The molecule has 1 aliphatic rings. The molecule has 148 valence electrons. The first kappa shape index (κ1) is 23.2. The second-order valence-electron chi connectivity index (χ2n) is 7.11. The number of ether oxygens (including phenoxy) is 1. The summed E-state index contributed by atoms with van der Waals surface area (Å²) in [5.74, 6) is 1.49. The predicted molar refractivity (Wildman–Crippen MR) is 120 cm³/mol. The quantitative estimate of drug-likeness (QED) is 0.362. The van der Waals surface area contributed by atoms with Gasteiger partial charge in [0.2, 0.25) is 0 Å². The summed E-state index contributed by atoms with van der Waals surface area (Å²) in [6.07, 6.45) is 0. The fourth-order valence-corrected chi connectivity index (χ4v) is 3.25. The van der Waals surface area contributed by atoms with E-state index in [0.29, 0.717) is 24.6 Å². The number of nitrogens with one attached hydrogen (secondary N) is 2. The van der Waals surface area contributed by atoms with Crippen LogP contribution in [-0.4, -0.2) is 49.7 Å². The molecule has 0 aliphatic carbocycles. The zero-order valence-electron chi connectivity index (χ0n) is 16.8. The van der Waals surface area contributed by atoms with Crippen LogP contribution < -0.4 is 10.6 Å². The van der Waals surface area contributed by atoms with E-state index in [1.54, 1.807) is 0 Å². The Labute approximate surface area is 176 Å². The monoisotopic (exact) mass is 474 g/mol. The van der Waals surface area contributed by atoms with Crippen LogP contribution in [0.5, 0.6) is 0 Å². The van der Waals surface area contributed by atoms with Crippen LogP contribution in [0, 0.1) is 5.92 Å². The summed E-state index contributed by atoms with van der Waals surface area (Å²) in [4.78, 5) is 6.93. The van der Waals surface area contributed by atoms with Gasteiger partial charge in [0.1, 0.15) is 0 Å². The van der Waals surface area contributed by atoms with Crippen LogP contribution in [0.2, 0.25) is 0 Å². The first-order valence-corrected chi connectivity index (χ1v) is 9.40. The highest BCUT2D eigenvalue weighted by Gasteiger charge is 2.31. The highest BCUT2D eigenvalue weighted by Crippen LogP contribution is 2.18. The molecule has 26 heavy (non-hydrogen) atoms. The van der Waals surface area contributed by atoms with E-state index in [1.165, 1.54) is 11.1 Å². The number of hydrogen-bond donors (Lipinski definition) is 2. The maximum atomic E-state index is 5.57. The van der Waals surface area contributed by atoms with E-state index in [9.17, 15) is 0 Å². The van der Waals surface area contributed by atoms with Gasteiger partial charge in [-0.25, -0.2) is 0 Å². The Bertz CT molecular complexity index is 564. The molecule has 5 nitrogen and oxygen atoms in total. The number of hydrogen-bond acceptors (Lipinski definition) is 3. The molecule has 1 aromatic carbocycles.